The second-order valence-corrected chi connectivity index (χ2v) is 4.76. The molecular formula is C10H19ClN2O3S. The van der Waals surface area contributed by atoms with Gasteiger partial charge in [0.1, 0.15) is 0 Å². The Kier molecular flexibility index (Phi) is 9.30. The van der Waals surface area contributed by atoms with Crippen LogP contribution >= 0.6 is 24.2 Å². The lowest BCUT2D eigenvalue weighted by Gasteiger charge is -2.22. The van der Waals surface area contributed by atoms with E-state index in [1.165, 1.54) is 7.11 Å². The van der Waals surface area contributed by atoms with Gasteiger partial charge in [-0.2, -0.15) is 11.8 Å². The van der Waals surface area contributed by atoms with Crippen molar-refractivity contribution in [3.05, 3.63) is 0 Å². The Bertz CT molecular complexity index is 248. The number of methoxy groups -OCH3 is 1. The predicted octanol–water partition coefficient (Wildman–Crippen LogP) is 0.183. The Morgan fingerprint density at radius 3 is 2.88 bits per heavy atom. The van der Waals surface area contributed by atoms with E-state index in [4.69, 9.17) is 0 Å². The van der Waals surface area contributed by atoms with Crippen molar-refractivity contribution in [2.45, 2.75) is 18.9 Å². The number of hydrogen-bond acceptors (Lipinski definition) is 5. The molecule has 0 bridgehead atoms. The molecule has 0 aliphatic carbocycles. The van der Waals surface area contributed by atoms with E-state index in [2.05, 4.69) is 15.4 Å². The van der Waals surface area contributed by atoms with Gasteiger partial charge in [-0.25, -0.2) is 0 Å². The van der Waals surface area contributed by atoms with Crippen molar-refractivity contribution in [2.24, 2.45) is 0 Å². The first-order valence-corrected chi connectivity index (χ1v) is 6.52. The van der Waals surface area contributed by atoms with Gasteiger partial charge in [-0.3, -0.25) is 9.59 Å². The van der Waals surface area contributed by atoms with Gasteiger partial charge in [-0.1, -0.05) is 0 Å². The molecule has 7 heteroatoms. The molecule has 5 nitrogen and oxygen atoms in total. The van der Waals surface area contributed by atoms with Crippen molar-refractivity contribution in [1.29, 1.82) is 0 Å². The quantitative estimate of drug-likeness (QED) is 0.705. The van der Waals surface area contributed by atoms with E-state index < -0.39 is 0 Å². The number of ether oxygens (including phenoxy) is 1. The lowest BCUT2D eigenvalue weighted by Crippen LogP contribution is -2.41. The van der Waals surface area contributed by atoms with Gasteiger partial charge in [-0.05, 0) is 0 Å². The topological polar surface area (TPSA) is 67.4 Å². The molecular weight excluding hydrogens is 264 g/mol. The van der Waals surface area contributed by atoms with E-state index in [9.17, 15) is 9.59 Å². The van der Waals surface area contributed by atoms with Crippen LogP contribution in [0, 0.1) is 0 Å². The number of rotatable bonds is 5. The summed E-state index contributed by atoms with van der Waals surface area (Å²) in [4.78, 5) is 22.3. The lowest BCUT2D eigenvalue weighted by atomic mass is 10.2. The van der Waals surface area contributed by atoms with E-state index in [0.717, 1.165) is 18.1 Å². The first kappa shape index (κ1) is 16.5. The maximum atomic E-state index is 11.5. The molecule has 1 saturated heterocycles. The minimum atomic E-state index is -0.299. The Balaban J connectivity index is 0.00000256. The summed E-state index contributed by atoms with van der Waals surface area (Å²) >= 11 is 1.86. The van der Waals surface area contributed by atoms with Crippen molar-refractivity contribution in [1.82, 2.24) is 10.6 Å². The predicted molar refractivity (Wildman–Crippen MR) is 70.6 cm³/mol. The average Bonchev–Trinajstić information content (AvgIpc) is 2.30. The summed E-state index contributed by atoms with van der Waals surface area (Å²) in [6.07, 6.45) is 0.712. The fraction of sp³-hybridized carbons (Fsp3) is 0.800. The van der Waals surface area contributed by atoms with Gasteiger partial charge in [0.2, 0.25) is 5.91 Å². The van der Waals surface area contributed by atoms with Gasteiger partial charge >= 0.3 is 5.97 Å². The minimum absolute atomic E-state index is 0. The Labute approximate surface area is 112 Å². The Hall–Kier alpha value is -0.460. The summed E-state index contributed by atoms with van der Waals surface area (Å²) in [5.41, 5.74) is 0. The van der Waals surface area contributed by atoms with E-state index in [-0.39, 0.29) is 36.7 Å². The summed E-state index contributed by atoms with van der Waals surface area (Å²) in [5, 5.41) is 5.99. The second kappa shape index (κ2) is 9.56. The monoisotopic (exact) mass is 282 g/mol. The fourth-order valence-corrected chi connectivity index (χ4v) is 2.40. The van der Waals surface area contributed by atoms with E-state index in [0.29, 0.717) is 13.0 Å². The van der Waals surface area contributed by atoms with Gasteiger partial charge in [0.25, 0.3) is 0 Å². The van der Waals surface area contributed by atoms with Crippen LogP contribution in [0.4, 0.5) is 0 Å². The van der Waals surface area contributed by atoms with Gasteiger partial charge in [-0.15, -0.1) is 12.4 Å². The molecule has 100 valence electrons. The van der Waals surface area contributed by atoms with Crippen LogP contribution in [-0.4, -0.2) is 49.6 Å². The molecule has 1 heterocycles. The van der Waals surface area contributed by atoms with E-state index in [1.807, 2.05) is 11.8 Å². The van der Waals surface area contributed by atoms with E-state index >= 15 is 0 Å². The number of thioether (sulfide) groups is 1. The normalized spacial score (nSPS) is 19.0. The molecule has 1 aliphatic rings. The SMILES string of the molecule is COC(=O)CCNC(=O)CC1CSCCN1.Cl. The number of amides is 1. The number of carbonyl (C=O) groups is 2. The zero-order valence-electron chi connectivity index (χ0n) is 9.86. The molecule has 2 N–H and O–H groups in total. The smallest absolute Gasteiger partial charge is 0.307 e. The largest absolute Gasteiger partial charge is 0.469 e. The van der Waals surface area contributed by atoms with Crippen molar-refractivity contribution < 1.29 is 14.3 Å². The van der Waals surface area contributed by atoms with Gasteiger partial charge < -0.3 is 15.4 Å². The third-order valence-corrected chi connectivity index (χ3v) is 3.44. The molecule has 1 atom stereocenters. The number of esters is 1. The molecule has 0 spiro atoms. The third kappa shape index (κ3) is 7.46. The highest BCUT2D eigenvalue weighted by Crippen LogP contribution is 2.09. The maximum Gasteiger partial charge on any atom is 0.307 e. The zero-order chi connectivity index (χ0) is 11.8. The summed E-state index contributed by atoms with van der Waals surface area (Å²) in [7, 11) is 1.34. The summed E-state index contributed by atoms with van der Waals surface area (Å²) in [6, 6.07) is 0.261. The summed E-state index contributed by atoms with van der Waals surface area (Å²) in [6.45, 7) is 1.32. The Morgan fingerprint density at radius 2 is 2.29 bits per heavy atom. The van der Waals surface area contributed by atoms with Crippen LogP contribution in [0.1, 0.15) is 12.8 Å². The zero-order valence-corrected chi connectivity index (χ0v) is 11.5. The van der Waals surface area contributed by atoms with Crippen LogP contribution in [0.5, 0.6) is 0 Å². The molecule has 0 saturated carbocycles. The number of halogens is 1. The molecule has 1 amide bonds. The number of nitrogens with one attached hydrogen (secondary N) is 2. The van der Waals surface area contributed by atoms with Crippen LogP contribution in [0.15, 0.2) is 0 Å². The minimum Gasteiger partial charge on any atom is -0.469 e. The lowest BCUT2D eigenvalue weighted by molar-refractivity contribution is -0.140. The Morgan fingerprint density at radius 1 is 1.53 bits per heavy atom. The highest BCUT2D eigenvalue weighted by atomic mass is 35.5. The summed E-state index contributed by atoms with van der Waals surface area (Å²) < 4.78 is 4.48. The molecule has 0 aromatic rings. The number of hydrogen-bond donors (Lipinski definition) is 2. The standard InChI is InChI=1S/C10H18N2O3S.ClH/c1-15-10(14)2-3-12-9(13)6-8-7-16-5-4-11-8;/h8,11H,2-7H2,1H3,(H,12,13);1H. The van der Waals surface area contributed by atoms with Crippen LogP contribution in [0.25, 0.3) is 0 Å². The van der Waals surface area contributed by atoms with Gasteiger partial charge in [0.15, 0.2) is 0 Å². The first-order valence-electron chi connectivity index (χ1n) is 5.37. The van der Waals surface area contributed by atoms with Crippen molar-refractivity contribution in [3.8, 4) is 0 Å². The average molecular weight is 283 g/mol. The number of carbonyl (C=O) groups excluding carboxylic acids is 2. The highest BCUT2D eigenvalue weighted by molar-refractivity contribution is 7.99. The van der Waals surface area contributed by atoms with Crippen LogP contribution in [-0.2, 0) is 14.3 Å². The molecule has 0 aromatic carbocycles. The van der Waals surface area contributed by atoms with Crippen molar-refractivity contribution in [3.63, 3.8) is 0 Å². The van der Waals surface area contributed by atoms with E-state index in [1.54, 1.807) is 0 Å². The first-order chi connectivity index (χ1) is 7.72. The second-order valence-electron chi connectivity index (χ2n) is 3.61. The molecule has 1 aliphatic heterocycles. The maximum absolute atomic E-state index is 11.5. The van der Waals surface area contributed by atoms with Gasteiger partial charge in [0.05, 0.1) is 13.5 Å². The van der Waals surface area contributed by atoms with Crippen LogP contribution < -0.4 is 10.6 Å². The highest BCUT2D eigenvalue weighted by Gasteiger charge is 2.16. The van der Waals surface area contributed by atoms with Gasteiger partial charge in [0, 0.05) is 37.1 Å². The third-order valence-electron chi connectivity index (χ3n) is 2.31. The van der Waals surface area contributed by atoms with Crippen molar-refractivity contribution in [2.75, 3.05) is 31.7 Å². The van der Waals surface area contributed by atoms with Crippen LogP contribution in [0.2, 0.25) is 0 Å². The molecule has 1 fully saturated rings. The van der Waals surface area contributed by atoms with Crippen molar-refractivity contribution >= 4 is 36.0 Å². The molecule has 17 heavy (non-hydrogen) atoms. The molecule has 1 unspecified atom stereocenters. The fourth-order valence-electron chi connectivity index (χ4n) is 1.45. The molecule has 0 aromatic heterocycles. The summed E-state index contributed by atoms with van der Waals surface area (Å²) in [5.74, 6) is 1.78. The van der Waals surface area contributed by atoms with Crippen LogP contribution in [0.3, 0.4) is 0 Å². The molecule has 0 radical (unpaired) electrons. The molecule has 1 rings (SSSR count).